The van der Waals surface area contributed by atoms with Gasteiger partial charge in [0.25, 0.3) is 0 Å². The van der Waals surface area contributed by atoms with E-state index in [4.69, 9.17) is 0 Å². The molecule has 2 aromatic heterocycles. The van der Waals surface area contributed by atoms with Gasteiger partial charge >= 0.3 is 5.97 Å². The largest absolute Gasteiger partial charge is 0.477 e. The van der Waals surface area contributed by atoms with Crippen LogP contribution in [0.3, 0.4) is 0 Å². The molecule has 0 bridgehead atoms. The number of hydrogen-bond acceptors (Lipinski definition) is 4. The van der Waals surface area contributed by atoms with Crippen LogP contribution in [0.1, 0.15) is 26.5 Å². The maximum atomic E-state index is 11.5. The first-order valence-corrected chi connectivity index (χ1v) is 7.65. The van der Waals surface area contributed by atoms with Crippen molar-refractivity contribution < 1.29 is 9.90 Å². The van der Waals surface area contributed by atoms with Crippen molar-refractivity contribution in [3.63, 3.8) is 0 Å². The van der Waals surface area contributed by atoms with Crippen LogP contribution < -0.4 is 0 Å². The van der Waals surface area contributed by atoms with E-state index in [1.165, 1.54) is 11.3 Å². The predicted octanol–water partition coefficient (Wildman–Crippen LogP) is 3.80. The van der Waals surface area contributed by atoms with Gasteiger partial charge in [-0.2, -0.15) is 0 Å². The van der Waals surface area contributed by atoms with E-state index in [1.54, 1.807) is 6.20 Å². The molecule has 0 fully saturated rings. The van der Waals surface area contributed by atoms with E-state index in [1.807, 2.05) is 49.4 Å². The van der Waals surface area contributed by atoms with E-state index in [0.717, 1.165) is 16.8 Å². The van der Waals surface area contributed by atoms with Crippen molar-refractivity contribution in [2.45, 2.75) is 13.3 Å². The third-order valence-corrected chi connectivity index (χ3v) is 4.41. The number of carboxylic acids is 1. The number of carbonyl (C=O) groups is 1. The normalized spacial score (nSPS) is 10.6. The lowest BCUT2D eigenvalue weighted by atomic mass is 10.1. The van der Waals surface area contributed by atoms with Crippen molar-refractivity contribution in [2.24, 2.45) is 0 Å². The molecule has 0 radical (unpaired) electrons. The Morgan fingerprint density at radius 2 is 1.95 bits per heavy atom. The van der Waals surface area contributed by atoms with Gasteiger partial charge in [-0.25, -0.2) is 9.78 Å². The molecule has 22 heavy (non-hydrogen) atoms. The summed E-state index contributed by atoms with van der Waals surface area (Å²) in [6.07, 6.45) is 2.20. The lowest BCUT2D eigenvalue weighted by molar-refractivity contribution is 0.0701. The number of pyridine rings is 1. The first-order valence-electron chi connectivity index (χ1n) is 6.84. The molecule has 0 saturated heterocycles. The highest BCUT2D eigenvalue weighted by Gasteiger charge is 2.19. The quantitative estimate of drug-likeness (QED) is 0.796. The zero-order chi connectivity index (χ0) is 15.5. The monoisotopic (exact) mass is 310 g/mol. The molecule has 0 aliphatic carbocycles. The number of aromatic nitrogens is 2. The molecule has 0 saturated carbocycles. The first-order chi connectivity index (χ1) is 10.6. The lowest BCUT2D eigenvalue weighted by Crippen LogP contribution is -1.99. The van der Waals surface area contributed by atoms with Gasteiger partial charge in [-0.1, -0.05) is 36.4 Å². The van der Waals surface area contributed by atoms with Crippen LogP contribution in [0.15, 0.2) is 48.7 Å². The minimum Gasteiger partial charge on any atom is -0.477 e. The van der Waals surface area contributed by atoms with E-state index in [2.05, 4.69) is 9.97 Å². The van der Waals surface area contributed by atoms with Crippen LogP contribution in [0.25, 0.3) is 10.7 Å². The average molecular weight is 310 g/mol. The molecule has 110 valence electrons. The van der Waals surface area contributed by atoms with Gasteiger partial charge in [0.2, 0.25) is 0 Å². The van der Waals surface area contributed by atoms with Gasteiger partial charge in [0.1, 0.15) is 15.6 Å². The van der Waals surface area contributed by atoms with E-state index >= 15 is 0 Å². The number of nitrogens with zero attached hydrogens (tertiary/aromatic N) is 2. The summed E-state index contributed by atoms with van der Waals surface area (Å²) in [7, 11) is 0. The second kappa shape index (κ2) is 6.07. The fourth-order valence-electron chi connectivity index (χ4n) is 2.24. The van der Waals surface area contributed by atoms with Crippen molar-refractivity contribution in [3.05, 3.63) is 70.4 Å². The second-order valence-electron chi connectivity index (χ2n) is 4.93. The zero-order valence-corrected chi connectivity index (χ0v) is 12.8. The summed E-state index contributed by atoms with van der Waals surface area (Å²) in [5, 5.41) is 10.1. The second-order valence-corrected chi connectivity index (χ2v) is 5.93. The molecule has 0 amide bonds. The molecule has 1 N–H and O–H groups in total. The molecule has 3 rings (SSSR count). The van der Waals surface area contributed by atoms with Crippen LogP contribution in [-0.2, 0) is 6.42 Å². The molecule has 0 atom stereocenters. The summed E-state index contributed by atoms with van der Waals surface area (Å²) in [6, 6.07) is 13.5. The number of aromatic carboxylic acids is 1. The number of rotatable bonds is 4. The Morgan fingerprint density at radius 3 is 2.64 bits per heavy atom. The summed E-state index contributed by atoms with van der Waals surface area (Å²) in [6.45, 7) is 1.95. The molecule has 5 heteroatoms. The summed E-state index contributed by atoms with van der Waals surface area (Å²) in [5.74, 6) is -0.941. The molecule has 3 aromatic rings. The van der Waals surface area contributed by atoms with E-state index < -0.39 is 5.97 Å². The minimum absolute atomic E-state index is 0.281. The molecule has 0 aliphatic heterocycles. The maximum absolute atomic E-state index is 11.5. The van der Waals surface area contributed by atoms with Crippen LogP contribution in [0, 0.1) is 6.92 Å². The maximum Gasteiger partial charge on any atom is 0.347 e. The van der Waals surface area contributed by atoms with Crippen LogP contribution in [0.4, 0.5) is 0 Å². The summed E-state index contributed by atoms with van der Waals surface area (Å²) >= 11 is 1.18. The SMILES string of the molecule is Cc1cccnc1-c1nc(Cc2ccccc2)c(C(=O)O)s1. The Morgan fingerprint density at radius 1 is 1.18 bits per heavy atom. The molecule has 1 aromatic carbocycles. The molecule has 4 nitrogen and oxygen atoms in total. The fourth-order valence-corrected chi connectivity index (χ4v) is 3.22. The van der Waals surface area contributed by atoms with Crippen molar-refractivity contribution in [1.29, 1.82) is 0 Å². The van der Waals surface area contributed by atoms with Crippen LogP contribution >= 0.6 is 11.3 Å². The molecule has 0 aliphatic rings. The van der Waals surface area contributed by atoms with Gasteiger partial charge in [-0.15, -0.1) is 11.3 Å². The van der Waals surface area contributed by atoms with E-state index in [-0.39, 0.29) is 4.88 Å². The highest BCUT2D eigenvalue weighted by atomic mass is 32.1. The summed E-state index contributed by atoms with van der Waals surface area (Å²) in [5.41, 5.74) is 3.36. The first kappa shape index (κ1) is 14.4. The van der Waals surface area contributed by atoms with Crippen LogP contribution in [-0.4, -0.2) is 21.0 Å². The van der Waals surface area contributed by atoms with Crippen molar-refractivity contribution >= 4 is 17.3 Å². The third kappa shape index (κ3) is 2.89. The Bertz CT molecular complexity index is 813. The van der Waals surface area contributed by atoms with Gasteiger partial charge in [0, 0.05) is 12.6 Å². The Kier molecular flexibility index (Phi) is 3.98. The zero-order valence-electron chi connectivity index (χ0n) is 12.0. The number of hydrogen-bond donors (Lipinski definition) is 1. The van der Waals surface area contributed by atoms with Crippen molar-refractivity contribution in [3.8, 4) is 10.7 Å². The smallest absolute Gasteiger partial charge is 0.347 e. The van der Waals surface area contributed by atoms with Gasteiger partial charge in [-0.3, -0.25) is 4.98 Å². The van der Waals surface area contributed by atoms with Crippen molar-refractivity contribution in [2.75, 3.05) is 0 Å². The predicted molar refractivity (Wildman–Crippen MR) is 86.3 cm³/mol. The number of carboxylic acid groups (broad SMARTS) is 1. The minimum atomic E-state index is -0.941. The van der Waals surface area contributed by atoms with Crippen LogP contribution in [0.2, 0.25) is 0 Å². The molecule has 2 heterocycles. The Hall–Kier alpha value is -2.53. The Labute approximate surface area is 132 Å². The van der Waals surface area contributed by atoms with E-state index in [0.29, 0.717) is 17.1 Å². The average Bonchev–Trinajstić information content (AvgIpc) is 2.92. The molecule has 0 spiro atoms. The number of aryl methyl sites for hydroxylation is 1. The summed E-state index contributed by atoms with van der Waals surface area (Å²) < 4.78 is 0. The number of benzene rings is 1. The molecular formula is C17H14N2O2S. The van der Waals surface area contributed by atoms with Gasteiger partial charge < -0.3 is 5.11 Å². The number of thiazole rings is 1. The lowest BCUT2D eigenvalue weighted by Gasteiger charge is -2.00. The Balaban J connectivity index is 2.03. The highest BCUT2D eigenvalue weighted by molar-refractivity contribution is 7.17. The standard InChI is InChI=1S/C17H14N2O2S/c1-11-6-5-9-18-14(11)16-19-13(15(22-16)17(20)21)10-12-7-3-2-4-8-12/h2-9H,10H2,1H3,(H,20,21). The molecular weight excluding hydrogens is 296 g/mol. The molecule has 0 unspecified atom stereocenters. The van der Waals surface area contributed by atoms with E-state index in [9.17, 15) is 9.90 Å². The van der Waals surface area contributed by atoms with Crippen LogP contribution in [0.5, 0.6) is 0 Å². The fraction of sp³-hybridized carbons (Fsp3) is 0.118. The topological polar surface area (TPSA) is 63.1 Å². The van der Waals surface area contributed by atoms with Gasteiger partial charge in [0.15, 0.2) is 0 Å². The highest BCUT2D eigenvalue weighted by Crippen LogP contribution is 2.30. The van der Waals surface area contributed by atoms with Gasteiger partial charge in [0.05, 0.1) is 5.69 Å². The summed E-state index contributed by atoms with van der Waals surface area (Å²) in [4.78, 5) is 20.6. The van der Waals surface area contributed by atoms with Gasteiger partial charge in [-0.05, 0) is 24.1 Å². The third-order valence-electron chi connectivity index (χ3n) is 3.32. The van der Waals surface area contributed by atoms with Crippen molar-refractivity contribution in [1.82, 2.24) is 9.97 Å².